The zero-order valence-electron chi connectivity index (χ0n) is 29.4. The van der Waals surface area contributed by atoms with Crippen LogP contribution in [0.2, 0.25) is 0 Å². The van der Waals surface area contributed by atoms with Crippen LogP contribution in [0.3, 0.4) is 0 Å². The molecule has 264 valence electrons. The second kappa shape index (κ2) is 13.1. The molecule has 0 amide bonds. The lowest BCUT2D eigenvalue weighted by Crippen LogP contribution is -2.13. The van der Waals surface area contributed by atoms with Crippen molar-refractivity contribution < 1.29 is 34.3 Å². The van der Waals surface area contributed by atoms with E-state index < -0.39 is 0 Å². The first-order valence-electron chi connectivity index (χ1n) is 17.6. The van der Waals surface area contributed by atoms with Gasteiger partial charge in [-0.05, 0) is 161 Å². The molecule has 0 atom stereocenters. The first-order chi connectivity index (χ1) is 26.3. The van der Waals surface area contributed by atoms with E-state index in [1.54, 1.807) is 72.8 Å². The fourth-order valence-corrected chi connectivity index (χ4v) is 7.36. The minimum absolute atomic E-state index is 0.179. The highest BCUT2D eigenvalue weighted by Gasteiger charge is 2.33. The zero-order valence-corrected chi connectivity index (χ0v) is 29.4. The summed E-state index contributed by atoms with van der Waals surface area (Å²) < 4.78 is 25.5. The predicted octanol–water partition coefficient (Wildman–Crippen LogP) is 12.4. The third-order valence-electron chi connectivity index (χ3n) is 9.80. The Morgan fingerprint density at radius 1 is 0.426 bits per heavy atom. The van der Waals surface area contributed by atoms with Gasteiger partial charge in [-0.15, -0.1) is 0 Å². The molecule has 8 aromatic rings. The fraction of sp³-hybridized carbons (Fsp3) is 0.0638. The molecule has 0 spiro atoms. The van der Waals surface area contributed by atoms with E-state index in [1.807, 2.05) is 36.4 Å². The van der Waals surface area contributed by atoms with Crippen LogP contribution in [0.15, 0.2) is 146 Å². The van der Waals surface area contributed by atoms with Gasteiger partial charge in [-0.1, -0.05) is 36.4 Å². The zero-order chi connectivity index (χ0) is 36.9. The maximum absolute atomic E-state index is 9.81. The minimum Gasteiger partial charge on any atom is -0.508 e. The van der Waals surface area contributed by atoms with Crippen LogP contribution in [0.5, 0.6) is 63.2 Å². The van der Waals surface area contributed by atoms with E-state index >= 15 is 0 Å². The van der Waals surface area contributed by atoms with Gasteiger partial charge in [-0.2, -0.15) is 0 Å². The molecule has 7 nitrogen and oxygen atoms in total. The Balaban J connectivity index is 1.19. The second-order valence-corrected chi connectivity index (χ2v) is 13.5. The van der Waals surface area contributed by atoms with Crippen LogP contribution >= 0.6 is 0 Å². The Hall–Kier alpha value is -7.12. The fourth-order valence-electron chi connectivity index (χ4n) is 7.36. The molecular weight excluding hydrogens is 677 g/mol. The maximum atomic E-state index is 9.81. The van der Waals surface area contributed by atoms with Crippen LogP contribution in [0.4, 0.5) is 0 Å². The molecular formula is C47H34O7. The monoisotopic (exact) mass is 710 g/mol. The molecule has 0 fully saturated rings. The van der Waals surface area contributed by atoms with Crippen LogP contribution in [0, 0.1) is 13.8 Å². The van der Waals surface area contributed by atoms with Gasteiger partial charge in [0, 0.05) is 17.0 Å². The molecule has 0 aliphatic carbocycles. The van der Waals surface area contributed by atoms with Crippen molar-refractivity contribution in [3.05, 3.63) is 173 Å². The predicted molar refractivity (Wildman–Crippen MR) is 209 cm³/mol. The Morgan fingerprint density at radius 2 is 0.815 bits per heavy atom. The van der Waals surface area contributed by atoms with Gasteiger partial charge in [0.2, 0.25) is 0 Å². The molecule has 0 saturated heterocycles. The maximum Gasteiger partial charge on any atom is 0.133 e. The van der Waals surface area contributed by atoms with Crippen molar-refractivity contribution in [3.8, 4) is 63.2 Å². The summed E-state index contributed by atoms with van der Waals surface area (Å²) in [6, 6.07) is 44.8. The van der Waals surface area contributed by atoms with Gasteiger partial charge in [-0.3, -0.25) is 0 Å². The molecule has 1 aliphatic heterocycles. The van der Waals surface area contributed by atoms with Crippen molar-refractivity contribution in [1.29, 1.82) is 0 Å². The van der Waals surface area contributed by atoms with Crippen LogP contribution in [-0.2, 0) is 0 Å². The van der Waals surface area contributed by atoms with Crippen molar-refractivity contribution in [1.82, 2.24) is 0 Å². The average Bonchev–Trinajstić information content (AvgIpc) is 3.17. The number of hydrogen-bond acceptors (Lipinski definition) is 7. The van der Waals surface area contributed by atoms with Gasteiger partial charge in [-0.25, -0.2) is 0 Å². The summed E-state index contributed by atoms with van der Waals surface area (Å²) in [6.07, 6.45) is 0. The third kappa shape index (κ3) is 6.11. The first-order valence-corrected chi connectivity index (χ1v) is 17.6. The molecule has 7 heteroatoms. The molecule has 0 aromatic heterocycles. The second-order valence-electron chi connectivity index (χ2n) is 13.5. The van der Waals surface area contributed by atoms with E-state index in [2.05, 4.69) is 50.2 Å². The summed E-state index contributed by atoms with van der Waals surface area (Å²) in [4.78, 5) is 0. The number of phenolic OH excluding ortho intramolecular Hbond substituents is 3. The average molecular weight is 711 g/mol. The van der Waals surface area contributed by atoms with Gasteiger partial charge in [0.1, 0.15) is 63.2 Å². The normalized spacial score (nSPS) is 12.2. The number of fused-ring (bicyclic) bond motifs is 6. The van der Waals surface area contributed by atoms with E-state index in [1.165, 1.54) is 0 Å². The lowest BCUT2D eigenvalue weighted by molar-refractivity contribution is 0.454. The molecule has 9 rings (SSSR count). The summed E-state index contributed by atoms with van der Waals surface area (Å²) in [5.74, 6) is 5.88. The van der Waals surface area contributed by atoms with Crippen molar-refractivity contribution in [2.75, 3.05) is 0 Å². The summed E-state index contributed by atoms with van der Waals surface area (Å²) in [7, 11) is 0. The highest BCUT2D eigenvalue weighted by atomic mass is 16.5. The Kier molecular flexibility index (Phi) is 7.97. The van der Waals surface area contributed by atoms with E-state index in [0.29, 0.717) is 28.7 Å². The molecule has 3 N–H and O–H groups in total. The standard InChI is InChI=1S/C47H34O7/c1-27-23-31(24-28(2)47(27)53-37-15-9-34(50)10-16-37)44-45-40-19-17-38(51-35-11-5-32(48)6-12-35)25-29(40)3-21-42(45)54-43-22-4-30-26-39(18-20-41(30)46(43)44)52-36-13-7-33(49)8-14-36/h3-26,44,48-50H,1-2H3. The molecule has 0 saturated carbocycles. The minimum atomic E-state index is -0.219. The van der Waals surface area contributed by atoms with Gasteiger partial charge in [0.05, 0.1) is 0 Å². The molecule has 8 aromatic carbocycles. The van der Waals surface area contributed by atoms with E-state index in [0.717, 1.165) is 66.6 Å². The first kappa shape index (κ1) is 32.8. The van der Waals surface area contributed by atoms with Crippen molar-refractivity contribution in [2.24, 2.45) is 0 Å². The summed E-state index contributed by atoms with van der Waals surface area (Å²) in [5.41, 5.74) is 5.12. The quantitative estimate of drug-likeness (QED) is 0.151. The Bertz CT molecular complexity index is 2540. The van der Waals surface area contributed by atoms with Crippen LogP contribution < -0.4 is 18.9 Å². The summed E-state index contributed by atoms with van der Waals surface area (Å²) in [6.45, 7) is 4.11. The summed E-state index contributed by atoms with van der Waals surface area (Å²) in [5, 5.41) is 33.3. The summed E-state index contributed by atoms with van der Waals surface area (Å²) >= 11 is 0. The van der Waals surface area contributed by atoms with Crippen molar-refractivity contribution in [2.45, 2.75) is 19.8 Å². The lowest BCUT2D eigenvalue weighted by atomic mass is 9.77. The number of hydrogen-bond donors (Lipinski definition) is 3. The number of benzene rings is 8. The number of rotatable bonds is 7. The van der Waals surface area contributed by atoms with E-state index in [4.69, 9.17) is 18.9 Å². The molecule has 54 heavy (non-hydrogen) atoms. The topological polar surface area (TPSA) is 97.6 Å². The number of ether oxygens (including phenoxy) is 4. The van der Waals surface area contributed by atoms with Crippen LogP contribution in [0.1, 0.15) is 33.7 Å². The van der Waals surface area contributed by atoms with Crippen LogP contribution in [0.25, 0.3) is 21.5 Å². The van der Waals surface area contributed by atoms with Gasteiger partial charge >= 0.3 is 0 Å². The smallest absolute Gasteiger partial charge is 0.133 e. The third-order valence-corrected chi connectivity index (χ3v) is 9.80. The Morgan fingerprint density at radius 3 is 1.24 bits per heavy atom. The van der Waals surface area contributed by atoms with Crippen molar-refractivity contribution in [3.63, 3.8) is 0 Å². The molecule has 0 bridgehead atoms. The van der Waals surface area contributed by atoms with Gasteiger partial charge in [0.25, 0.3) is 0 Å². The number of phenols is 3. The lowest BCUT2D eigenvalue weighted by Gasteiger charge is -2.32. The molecule has 1 aliphatic rings. The molecule has 1 heterocycles. The van der Waals surface area contributed by atoms with Crippen LogP contribution in [-0.4, -0.2) is 15.3 Å². The molecule has 0 radical (unpaired) electrons. The highest BCUT2D eigenvalue weighted by molar-refractivity contribution is 5.96. The van der Waals surface area contributed by atoms with Gasteiger partial charge < -0.3 is 34.3 Å². The Labute approximate surface area is 311 Å². The van der Waals surface area contributed by atoms with E-state index in [-0.39, 0.29) is 23.2 Å². The highest BCUT2D eigenvalue weighted by Crippen LogP contribution is 2.53. The largest absolute Gasteiger partial charge is 0.508 e. The number of aromatic hydroxyl groups is 3. The van der Waals surface area contributed by atoms with Gasteiger partial charge in [0.15, 0.2) is 0 Å². The molecule has 0 unspecified atom stereocenters. The SMILES string of the molecule is Cc1cc(C2c3c(ccc4cc(Oc5ccc(O)cc5)ccc34)Oc3ccc4cc(Oc5ccc(O)cc5)ccc4c32)cc(C)c1Oc1ccc(O)cc1. The van der Waals surface area contributed by atoms with E-state index in [9.17, 15) is 15.3 Å². The van der Waals surface area contributed by atoms with Crippen molar-refractivity contribution >= 4 is 21.5 Å². The number of aryl methyl sites for hydroxylation is 2.